The highest BCUT2D eigenvalue weighted by atomic mass is 31.1. The topological polar surface area (TPSA) is 70.0 Å². The maximum Gasteiger partial charge on any atom is -0.0226 e. The Morgan fingerprint density at radius 1 is 0.533 bits per heavy atom. The fourth-order valence-electron chi connectivity index (χ4n) is 1.21. The molecule has 0 fully saturated rings. The molecule has 80 valence electrons. The molecule has 0 saturated heterocycles. The molecule has 0 saturated carbocycles. The summed E-state index contributed by atoms with van der Waals surface area (Å²) in [7, 11) is 0.777. The molecule has 0 amide bonds. The summed E-state index contributed by atoms with van der Waals surface area (Å²) in [6.07, 6.45) is 0. The van der Waals surface area contributed by atoms with Crippen molar-refractivity contribution < 1.29 is 0 Å². The maximum atomic E-state index is 2.17. The molecule has 0 aliphatic carbocycles. The van der Waals surface area contributed by atoms with E-state index in [4.69, 9.17) is 0 Å². The molecule has 3 heteroatoms. The fourth-order valence-corrected chi connectivity index (χ4v) is 2.26. The van der Waals surface area contributed by atoms with E-state index in [-0.39, 0.29) is 12.3 Å². The molecule has 6 N–H and O–H groups in total. The molecule has 0 aromatic heterocycles. The SMILES string of the molecule is N.N.c1ccc(Pc2ccccc2)cc1. The zero-order valence-electron chi connectivity index (χ0n) is 8.69. The van der Waals surface area contributed by atoms with Gasteiger partial charge >= 0.3 is 0 Å². The minimum atomic E-state index is 0. The van der Waals surface area contributed by atoms with Gasteiger partial charge in [-0.15, -0.1) is 0 Å². The smallest absolute Gasteiger partial charge is 0.0226 e. The van der Waals surface area contributed by atoms with E-state index in [1.54, 1.807) is 0 Å². The first-order chi connectivity index (χ1) is 6.45. The number of hydrogen-bond acceptors (Lipinski definition) is 2. The third kappa shape index (κ3) is 4.22. The number of benzene rings is 2. The fraction of sp³-hybridized carbons (Fsp3) is 0. The Morgan fingerprint density at radius 3 is 1.20 bits per heavy atom. The average molecular weight is 220 g/mol. The molecule has 0 bridgehead atoms. The molecular weight excluding hydrogens is 203 g/mol. The van der Waals surface area contributed by atoms with Crippen LogP contribution in [-0.2, 0) is 0 Å². The van der Waals surface area contributed by atoms with Gasteiger partial charge in [0.05, 0.1) is 0 Å². The van der Waals surface area contributed by atoms with Crippen molar-refractivity contribution in [3.8, 4) is 0 Å². The molecule has 2 rings (SSSR count). The van der Waals surface area contributed by atoms with Gasteiger partial charge in [0, 0.05) is 0 Å². The van der Waals surface area contributed by atoms with Gasteiger partial charge in [0.25, 0.3) is 0 Å². The summed E-state index contributed by atoms with van der Waals surface area (Å²) in [5, 5.41) is 2.79. The second-order valence-corrected chi connectivity index (χ2v) is 4.26. The second kappa shape index (κ2) is 7.13. The Morgan fingerprint density at radius 2 is 0.867 bits per heavy atom. The van der Waals surface area contributed by atoms with Crippen LogP contribution in [0.5, 0.6) is 0 Å². The van der Waals surface area contributed by atoms with Crippen molar-refractivity contribution >= 4 is 19.2 Å². The first-order valence-electron chi connectivity index (χ1n) is 4.32. The van der Waals surface area contributed by atoms with E-state index < -0.39 is 0 Å². The van der Waals surface area contributed by atoms with Crippen LogP contribution in [0.25, 0.3) is 0 Å². The quantitative estimate of drug-likeness (QED) is 0.764. The highest BCUT2D eigenvalue weighted by Crippen LogP contribution is 2.08. The van der Waals surface area contributed by atoms with Gasteiger partial charge in [0.2, 0.25) is 0 Å². The van der Waals surface area contributed by atoms with Gasteiger partial charge < -0.3 is 12.3 Å². The van der Waals surface area contributed by atoms with Crippen molar-refractivity contribution in [1.29, 1.82) is 0 Å². The van der Waals surface area contributed by atoms with Crippen LogP contribution in [0, 0.1) is 0 Å². The summed E-state index contributed by atoms with van der Waals surface area (Å²) < 4.78 is 0. The van der Waals surface area contributed by atoms with Gasteiger partial charge in [-0.1, -0.05) is 69.2 Å². The third-order valence-electron chi connectivity index (χ3n) is 1.84. The molecule has 0 spiro atoms. The van der Waals surface area contributed by atoms with Crippen molar-refractivity contribution in [2.24, 2.45) is 0 Å². The van der Waals surface area contributed by atoms with Crippen LogP contribution in [0.2, 0.25) is 0 Å². The van der Waals surface area contributed by atoms with Gasteiger partial charge in [0.15, 0.2) is 0 Å². The third-order valence-corrected chi connectivity index (χ3v) is 3.08. The number of rotatable bonds is 2. The Balaban J connectivity index is 0.000000980. The predicted octanol–water partition coefficient (Wildman–Crippen LogP) is 2.64. The van der Waals surface area contributed by atoms with Crippen molar-refractivity contribution in [3.63, 3.8) is 0 Å². The molecule has 0 radical (unpaired) electrons. The summed E-state index contributed by atoms with van der Waals surface area (Å²) in [5.74, 6) is 0. The Kier molecular flexibility index (Phi) is 6.56. The minimum Gasteiger partial charge on any atom is -0.344 e. The molecular formula is C12H17N2P. The van der Waals surface area contributed by atoms with Gasteiger partial charge in [0.1, 0.15) is 0 Å². The molecule has 0 heterocycles. The summed E-state index contributed by atoms with van der Waals surface area (Å²) >= 11 is 0. The zero-order chi connectivity index (χ0) is 8.93. The predicted molar refractivity (Wildman–Crippen MR) is 70.5 cm³/mol. The lowest BCUT2D eigenvalue weighted by Crippen LogP contribution is -2.01. The molecule has 0 atom stereocenters. The Hall–Kier alpha value is -1.21. The van der Waals surface area contributed by atoms with E-state index in [0.29, 0.717) is 0 Å². The Labute approximate surface area is 92.7 Å². The molecule has 0 unspecified atom stereocenters. The first-order valence-corrected chi connectivity index (χ1v) is 5.32. The van der Waals surface area contributed by atoms with E-state index >= 15 is 0 Å². The normalized spacial score (nSPS) is 8.53. The van der Waals surface area contributed by atoms with Crippen LogP contribution in [0.1, 0.15) is 0 Å². The molecule has 15 heavy (non-hydrogen) atoms. The van der Waals surface area contributed by atoms with Crippen molar-refractivity contribution in [3.05, 3.63) is 60.7 Å². The second-order valence-electron chi connectivity index (χ2n) is 2.86. The van der Waals surface area contributed by atoms with Crippen LogP contribution in [-0.4, -0.2) is 0 Å². The molecule has 2 aromatic carbocycles. The van der Waals surface area contributed by atoms with E-state index in [9.17, 15) is 0 Å². The monoisotopic (exact) mass is 220 g/mol. The lowest BCUT2D eigenvalue weighted by Gasteiger charge is -2.00. The van der Waals surface area contributed by atoms with Gasteiger partial charge in [-0.2, -0.15) is 0 Å². The molecule has 0 aliphatic heterocycles. The lowest BCUT2D eigenvalue weighted by molar-refractivity contribution is 1.76. The van der Waals surface area contributed by atoms with Gasteiger partial charge in [-0.3, -0.25) is 0 Å². The average Bonchev–Trinajstić information content (AvgIpc) is 2.21. The van der Waals surface area contributed by atoms with Crippen molar-refractivity contribution in [1.82, 2.24) is 12.3 Å². The minimum absolute atomic E-state index is 0. The zero-order valence-corrected chi connectivity index (χ0v) is 9.69. The van der Waals surface area contributed by atoms with Crippen LogP contribution in [0.4, 0.5) is 0 Å². The van der Waals surface area contributed by atoms with Crippen molar-refractivity contribution in [2.75, 3.05) is 0 Å². The van der Waals surface area contributed by atoms with Crippen LogP contribution in [0.3, 0.4) is 0 Å². The molecule has 2 nitrogen and oxygen atoms in total. The van der Waals surface area contributed by atoms with E-state index in [1.807, 2.05) is 0 Å². The van der Waals surface area contributed by atoms with Crippen molar-refractivity contribution in [2.45, 2.75) is 0 Å². The van der Waals surface area contributed by atoms with Gasteiger partial charge in [-0.05, 0) is 10.6 Å². The standard InChI is InChI=1S/C12H11P.2H3N/c1-3-7-11(8-4-1)13-12-9-5-2-6-10-12;;/h1-10,13H;2*1H3. The highest BCUT2D eigenvalue weighted by Gasteiger charge is 1.92. The van der Waals surface area contributed by atoms with E-state index in [0.717, 1.165) is 8.58 Å². The van der Waals surface area contributed by atoms with Crippen LogP contribution < -0.4 is 22.9 Å². The highest BCUT2D eigenvalue weighted by molar-refractivity contribution is 7.55. The molecule has 0 aliphatic rings. The van der Waals surface area contributed by atoms with E-state index in [2.05, 4.69) is 60.7 Å². The summed E-state index contributed by atoms with van der Waals surface area (Å²) in [4.78, 5) is 0. The van der Waals surface area contributed by atoms with E-state index in [1.165, 1.54) is 10.6 Å². The molecule has 2 aromatic rings. The number of hydrogen-bond donors (Lipinski definition) is 2. The lowest BCUT2D eigenvalue weighted by atomic mass is 10.4. The van der Waals surface area contributed by atoms with Crippen LogP contribution >= 0.6 is 8.58 Å². The maximum absolute atomic E-state index is 2.17. The summed E-state index contributed by atoms with van der Waals surface area (Å²) in [6, 6.07) is 21.2. The Bertz CT molecular complexity index is 324. The van der Waals surface area contributed by atoms with Gasteiger partial charge in [-0.25, -0.2) is 0 Å². The van der Waals surface area contributed by atoms with Crippen LogP contribution in [0.15, 0.2) is 60.7 Å². The largest absolute Gasteiger partial charge is 0.344 e. The first kappa shape index (κ1) is 13.8. The summed E-state index contributed by atoms with van der Waals surface area (Å²) in [5.41, 5.74) is 0. The summed E-state index contributed by atoms with van der Waals surface area (Å²) in [6.45, 7) is 0.